The zero-order valence-electron chi connectivity index (χ0n) is 14.2. The number of hydrogen-bond donors (Lipinski definition) is 2. The van der Waals surface area contributed by atoms with E-state index in [1.54, 1.807) is 49.5 Å². The Bertz CT molecular complexity index is 1010. The van der Waals surface area contributed by atoms with Crippen LogP contribution in [0, 0.1) is 0 Å². The summed E-state index contributed by atoms with van der Waals surface area (Å²) in [5.41, 5.74) is 0.891. The second kappa shape index (κ2) is 7.60. The maximum Gasteiger partial charge on any atom is 0.274 e. The van der Waals surface area contributed by atoms with Crippen LogP contribution in [0.5, 0.6) is 0 Å². The number of rotatable bonds is 5. The molecule has 3 aromatic rings. The van der Waals surface area contributed by atoms with Gasteiger partial charge in [-0.25, -0.2) is 4.68 Å². The number of nitrogens with one attached hydrogen (secondary N) is 2. The van der Waals surface area contributed by atoms with E-state index in [1.165, 1.54) is 4.68 Å². The van der Waals surface area contributed by atoms with Gasteiger partial charge in [-0.3, -0.25) is 14.4 Å². The van der Waals surface area contributed by atoms with Crippen LogP contribution in [0.25, 0.3) is 10.8 Å². The van der Waals surface area contributed by atoms with Crippen molar-refractivity contribution in [3.63, 3.8) is 0 Å². The summed E-state index contributed by atoms with van der Waals surface area (Å²) < 4.78 is 1.25. The fourth-order valence-electron chi connectivity index (χ4n) is 2.60. The zero-order valence-corrected chi connectivity index (χ0v) is 14.2. The maximum absolute atomic E-state index is 12.1. The van der Waals surface area contributed by atoms with Crippen molar-refractivity contribution in [1.82, 2.24) is 20.4 Å². The van der Waals surface area contributed by atoms with Crippen LogP contribution < -0.4 is 16.2 Å². The van der Waals surface area contributed by atoms with Gasteiger partial charge in [0.2, 0.25) is 5.91 Å². The quantitative estimate of drug-likeness (QED) is 0.717. The summed E-state index contributed by atoms with van der Waals surface area (Å²) in [5, 5.41) is 10.7. The third-order valence-electron chi connectivity index (χ3n) is 3.93. The first-order valence-electron chi connectivity index (χ1n) is 8.11. The highest BCUT2D eigenvalue weighted by atomic mass is 16.2. The summed E-state index contributed by atoms with van der Waals surface area (Å²) in [6.45, 7) is 0.0199. The number of carbonyl (C=O) groups is 2. The van der Waals surface area contributed by atoms with E-state index < -0.39 is 0 Å². The number of aromatic nitrogens is 2. The SMILES string of the molecule is Cn1nc(CNC(=O)CNC(=O)c2ccccc2)c2ccccc2c1=O. The highest BCUT2D eigenvalue weighted by Crippen LogP contribution is 2.12. The molecule has 1 heterocycles. The van der Waals surface area contributed by atoms with Crippen molar-refractivity contribution < 1.29 is 9.59 Å². The number of hydrogen-bond acceptors (Lipinski definition) is 4. The van der Waals surface area contributed by atoms with E-state index >= 15 is 0 Å². The summed E-state index contributed by atoms with van der Waals surface area (Å²) in [5.74, 6) is -0.652. The van der Waals surface area contributed by atoms with Crippen LogP contribution in [0.1, 0.15) is 16.1 Å². The van der Waals surface area contributed by atoms with E-state index in [1.807, 2.05) is 12.1 Å². The molecule has 7 nitrogen and oxygen atoms in total. The molecule has 2 amide bonds. The molecule has 1 aromatic heterocycles. The van der Waals surface area contributed by atoms with Crippen LogP contribution in [0.3, 0.4) is 0 Å². The van der Waals surface area contributed by atoms with Crippen LogP contribution in [0.4, 0.5) is 0 Å². The second-order valence-corrected chi connectivity index (χ2v) is 5.75. The lowest BCUT2D eigenvalue weighted by molar-refractivity contribution is -0.120. The lowest BCUT2D eigenvalue weighted by atomic mass is 10.1. The Hall–Kier alpha value is -3.48. The monoisotopic (exact) mass is 350 g/mol. The fourth-order valence-corrected chi connectivity index (χ4v) is 2.60. The maximum atomic E-state index is 12.1. The molecular formula is C19H18N4O3. The summed E-state index contributed by atoms with van der Waals surface area (Å²) in [7, 11) is 1.57. The molecular weight excluding hydrogens is 332 g/mol. The lowest BCUT2D eigenvalue weighted by Crippen LogP contribution is -2.37. The highest BCUT2D eigenvalue weighted by molar-refractivity contribution is 5.96. The third kappa shape index (κ3) is 3.77. The van der Waals surface area contributed by atoms with Crippen LogP contribution in [0.2, 0.25) is 0 Å². The van der Waals surface area contributed by atoms with Gasteiger partial charge in [0.15, 0.2) is 0 Å². The number of aryl methyl sites for hydroxylation is 1. The first-order valence-corrected chi connectivity index (χ1v) is 8.11. The van der Waals surface area contributed by atoms with Crippen molar-refractivity contribution >= 4 is 22.6 Å². The van der Waals surface area contributed by atoms with E-state index in [0.29, 0.717) is 22.0 Å². The zero-order chi connectivity index (χ0) is 18.5. The molecule has 132 valence electrons. The van der Waals surface area contributed by atoms with Crippen molar-refractivity contribution in [2.45, 2.75) is 6.54 Å². The minimum Gasteiger partial charge on any atom is -0.349 e. The Morgan fingerprint density at radius 2 is 1.62 bits per heavy atom. The van der Waals surface area contributed by atoms with Crippen LogP contribution in [0.15, 0.2) is 59.4 Å². The van der Waals surface area contributed by atoms with Crippen LogP contribution in [-0.4, -0.2) is 28.1 Å². The molecule has 0 fully saturated rings. The Kier molecular flexibility index (Phi) is 5.07. The molecule has 0 radical (unpaired) electrons. The number of amides is 2. The van der Waals surface area contributed by atoms with Gasteiger partial charge >= 0.3 is 0 Å². The Balaban J connectivity index is 1.63. The van der Waals surface area contributed by atoms with Gasteiger partial charge < -0.3 is 10.6 Å². The van der Waals surface area contributed by atoms with Gasteiger partial charge in [-0.05, 0) is 18.2 Å². The minimum atomic E-state index is -0.339. The predicted molar refractivity (Wildman–Crippen MR) is 97.6 cm³/mol. The van der Waals surface area contributed by atoms with Crippen LogP contribution in [-0.2, 0) is 18.4 Å². The van der Waals surface area contributed by atoms with Crippen LogP contribution >= 0.6 is 0 Å². The largest absolute Gasteiger partial charge is 0.349 e. The van der Waals surface area contributed by atoms with E-state index in [9.17, 15) is 14.4 Å². The van der Waals surface area contributed by atoms with E-state index in [0.717, 1.165) is 0 Å². The van der Waals surface area contributed by atoms with E-state index in [4.69, 9.17) is 0 Å². The number of fused-ring (bicyclic) bond motifs is 1. The summed E-state index contributed by atoms with van der Waals surface area (Å²) in [6.07, 6.45) is 0. The molecule has 0 saturated heterocycles. The minimum absolute atomic E-state index is 0.141. The van der Waals surface area contributed by atoms with Gasteiger partial charge in [0.1, 0.15) is 0 Å². The summed E-state index contributed by atoms with van der Waals surface area (Å²) >= 11 is 0. The molecule has 0 atom stereocenters. The van der Waals surface area contributed by atoms with Crippen molar-refractivity contribution in [1.29, 1.82) is 0 Å². The lowest BCUT2D eigenvalue weighted by Gasteiger charge is -2.10. The highest BCUT2D eigenvalue weighted by Gasteiger charge is 2.11. The molecule has 0 aliphatic rings. The number of nitrogens with zero attached hydrogens (tertiary/aromatic N) is 2. The van der Waals surface area contributed by atoms with Crippen molar-refractivity contribution in [3.05, 3.63) is 76.2 Å². The summed E-state index contributed by atoms with van der Waals surface area (Å²) in [4.78, 5) is 36.1. The molecule has 0 saturated carbocycles. The standard InChI is InChI=1S/C19H18N4O3/c1-23-19(26)15-10-6-5-9-14(15)16(22-23)11-20-17(24)12-21-18(25)13-7-3-2-4-8-13/h2-10H,11-12H2,1H3,(H,20,24)(H,21,25). The molecule has 0 spiro atoms. The fraction of sp³-hybridized carbons (Fsp3) is 0.158. The predicted octanol–water partition coefficient (Wildman–Crippen LogP) is 0.980. The van der Waals surface area contributed by atoms with Gasteiger partial charge in [0.25, 0.3) is 11.5 Å². The van der Waals surface area contributed by atoms with Gasteiger partial charge in [-0.2, -0.15) is 5.10 Å². The second-order valence-electron chi connectivity index (χ2n) is 5.75. The Morgan fingerprint density at radius 1 is 0.962 bits per heavy atom. The Labute approximate surface area is 149 Å². The molecule has 0 bridgehead atoms. The van der Waals surface area contributed by atoms with Gasteiger partial charge in [-0.15, -0.1) is 0 Å². The first kappa shape index (κ1) is 17.3. The van der Waals surface area contributed by atoms with E-state index in [2.05, 4.69) is 15.7 Å². The molecule has 0 aliphatic carbocycles. The molecule has 26 heavy (non-hydrogen) atoms. The topological polar surface area (TPSA) is 93.1 Å². The van der Waals surface area contributed by atoms with Crippen molar-refractivity contribution in [2.75, 3.05) is 6.54 Å². The average molecular weight is 350 g/mol. The van der Waals surface area contributed by atoms with Gasteiger partial charge in [0.05, 0.1) is 24.2 Å². The van der Waals surface area contributed by atoms with E-state index in [-0.39, 0.29) is 30.5 Å². The molecule has 3 rings (SSSR count). The van der Waals surface area contributed by atoms with Crippen molar-refractivity contribution in [2.24, 2.45) is 7.05 Å². The number of carbonyl (C=O) groups excluding carboxylic acids is 2. The Morgan fingerprint density at radius 3 is 2.35 bits per heavy atom. The van der Waals surface area contributed by atoms with Crippen molar-refractivity contribution in [3.8, 4) is 0 Å². The van der Waals surface area contributed by atoms with Gasteiger partial charge in [0, 0.05) is 18.0 Å². The number of benzene rings is 2. The summed E-state index contributed by atoms with van der Waals surface area (Å²) in [6, 6.07) is 15.8. The normalized spacial score (nSPS) is 10.5. The molecule has 2 aromatic carbocycles. The molecule has 2 N–H and O–H groups in total. The van der Waals surface area contributed by atoms with Gasteiger partial charge in [-0.1, -0.05) is 36.4 Å². The molecule has 7 heteroatoms. The first-order chi connectivity index (χ1) is 12.6. The molecule has 0 unspecified atom stereocenters. The smallest absolute Gasteiger partial charge is 0.274 e. The third-order valence-corrected chi connectivity index (χ3v) is 3.93. The average Bonchev–Trinajstić information content (AvgIpc) is 2.68. The molecule has 0 aliphatic heterocycles.